The predicted octanol–water partition coefficient (Wildman–Crippen LogP) is 6.33. The minimum atomic E-state index is -2.40. The van der Waals surface area contributed by atoms with Gasteiger partial charge < -0.3 is 24.2 Å². The summed E-state index contributed by atoms with van der Waals surface area (Å²) in [4.78, 5) is 30.7. The van der Waals surface area contributed by atoms with E-state index in [1.165, 1.54) is 23.4 Å². The number of ether oxygens (including phenoxy) is 3. The maximum atomic E-state index is 15.3. The molecule has 0 radical (unpaired) electrons. The minimum absolute atomic E-state index is 0.000253. The summed E-state index contributed by atoms with van der Waals surface area (Å²) >= 11 is 0. The van der Waals surface area contributed by atoms with Crippen LogP contribution in [0.1, 0.15) is 58.2 Å². The quantitative estimate of drug-likeness (QED) is 0.110. The highest BCUT2D eigenvalue weighted by Gasteiger charge is 2.66. The first-order valence-electron chi connectivity index (χ1n) is 19.2. The van der Waals surface area contributed by atoms with Crippen LogP contribution in [0.4, 0.5) is 5.69 Å². The van der Waals surface area contributed by atoms with Crippen molar-refractivity contribution in [3.05, 3.63) is 112 Å². The molecule has 2 aliphatic rings. The van der Waals surface area contributed by atoms with Gasteiger partial charge in [0.05, 0.1) is 39.8 Å². The van der Waals surface area contributed by atoms with E-state index in [1.807, 2.05) is 41.4 Å². The second-order valence-electron chi connectivity index (χ2n) is 15.6. The molecule has 1 fully saturated rings. The van der Waals surface area contributed by atoms with Gasteiger partial charge in [-0.05, 0) is 88.0 Å². The molecule has 4 aromatic rings. The summed E-state index contributed by atoms with van der Waals surface area (Å²) in [6.45, 7) is 14.2. The monoisotopic (exact) mass is 765 g/mol. The molecule has 1 saturated heterocycles. The Labute approximate surface area is 325 Å². The number of hydrogen-bond acceptors (Lipinski definition) is 8. The Morgan fingerprint density at radius 2 is 1.80 bits per heavy atom. The summed E-state index contributed by atoms with van der Waals surface area (Å²) in [6, 6.07) is 17.6. The van der Waals surface area contributed by atoms with E-state index in [1.54, 1.807) is 34.7 Å². The molecule has 4 atom stereocenters. The van der Waals surface area contributed by atoms with Gasteiger partial charge in [-0.3, -0.25) is 18.8 Å². The van der Waals surface area contributed by atoms with Crippen molar-refractivity contribution >= 4 is 24.9 Å². The Morgan fingerprint density at radius 1 is 1.04 bits per heavy atom. The molecule has 0 bridgehead atoms. The Balaban J connectivity index is 1.47. The van der Waals surface area contributed by atoms with E-state index in [-0.39, 0.29) is 41.4 Å². The molecule has 1 N–H and O–H groups in total. The molecular weight excluding hydrogens is 711 g/mol. The van der Waals surface area contributed by atoms with Gasteiger partial charge in [0.25, 0.3) is 11.5 Å². The zero-order valence-corrected chi connectivity index (χ0v) is 34.4. The molecule has 4 heterocycles. The third-order valence-corrected chi connectivity index (χ3v) is 15.9. The van der Waals surface area contributed by atoms with Gasteiger partial charge in [-0.1, -0.05) is 65.8 Å². The number of rotatable bonds is 15. The number of carbonyl (C=O) groups excluding carboxylic acids is 1. The molecule has 11 nitrogen and oxygen atoms in total. The van der Waals surface area contributed by atoms with E-state index in [4.69, 9.17) is 14.2 Å². The number of amides is 1. The van der Waals surface area contributed by atoms with Crippen molar-refractivity contribution in [2.24, 2.45) is 5.92 Å². The Morgan fingerprint density at radius 3 is 2.49 bits per heavy atom. The van der Waals surface area contributed by atoms with Crippen LogP contribution < -0.4 is 25.1 Å². The fourth-order valence-corrected chi connectivity index (χ4v) is 12.7. The standard InChI is InChI=1S/C43H55N5O6Si/c1-29(2)11-9-12-30(3)20-25-48-37-19-14-33(47-23-10-13-39(53-6)41(47)50)27-36(37)43(42(48)51)31(4)40(55(7,8)35-17-15-34(52-5)16-18-35)38(54-43)21-24-46-28-32(22-26-49)44-45-46/h10-11,13-20,23,27-28,31,38,40,49H,9,12,21-22,24-26H2,1-8H3/b30-20+/t31-,38+,40-,43+/m1/s1. The first kappa shape index (κ1) is 39.9. The number of pyridine rings is 1. The fourth-order valence-electron chi connectivity index (χ4n) is 8.61. The molecule has 6 rings (SSSR count). The minimum Gasteiger partial charge on any atom is -0.497 e. The SMILES string of the molecule is COc1ccc([Si](C)(C)[C@H]2[C@H](CCn3cc(CCO)nn3)O[C@@]3(C(=O)N(C/C=C(\C)CCC=C(C)C)c4ccc(-n5cccc(OC)c5=O)cc43)[C@@H]2C)cc1. The lowest BCUT2D eigenvalue weighted by molar-refractivity contribution is -0.145. The van der Waals surface area contributed by atoms with Gasteiger partial charge in [0, 0.05) is 55.7 Å². The second kappa shape index (κ2) is 16.5. The number of anilines is 1. The molecule has 12 heteroatoms. The number of allylic oxidation sites excluding steroid dienone is 3. The number of nitrogens with zero attached hydrogens (tertiary/aromatic N) is 5. The molecule has 1 spiro atoms. The van der Waals surface area contributed by atoms with Gasteiger partial charge in [-0.15, -0.1) is 5.10 Å². The lowest BCUT2D eigenvalue weighted by Crippen LogP contribution is -2.52. The number of fused-ring (bicyclic) bond motifs is 2. The Hall–Kier alpha value is -4.78. The van der Waals surface area contributed by atoms with Gasteiger partial charge in [0.1, 0.15) is 5.75 Å². The van der Waals surface area contributed by atoms with E-state index in [0.717, 1.165) is 35.5 Å². The number of aryl methyl sites for hydroxylation is 1. The molecular formula is C43H55N5O6Si. The van der Waals surface area contributed by atoms with Gasteiger partial charge >= 0.3 is 0 Å². The highest BCUT2D eigenvalue weighted by Crippen LogP contribution is 2.60. The van der Waals surface area contributed by atoms with Crippen molar-refractivity contribution in [2.45, 2.75) is 90.3 Å². The third-order valence-electron chi connectivity index (χ3n) is 11.5. The first-order valence-corrected chi connectivity index (χ1v) is 22.3. The summed E-state index contributed by atoms with van der Waals surface area (Å²) in [7, 11) is 0.757. The highest BCUT2D eigenvalue weighted by atomic mass is 28.3. The average molecular weight is 766 g/mol. The summed E-state index contributed by atoms with van der Waals surface area (Å²) < 4.78 is 21.6. The summed E-state index contributed by atoms with van der Waals surface area (Å²) in [5.74, 6) is 0.717. The van der Waals surface area contributed by atoms with E-state index in [2.05, 4.69) is 75.4 Å². The Bertz CT molecular complexity index is 2120. The molecule has 0 aliphatic carbocycles. The maximum Gasteiger partial charge on any atom is 0.297 e. The smallest absolute Gasteiger partial charge is 0.297 e. The summed E-state index contributed by atoms with van der Waals surface area (Å²) in [5.41, 5.74) is 3.85. The van der Waals surface area contributed by atoms with Crippen molar-refractivity contribution in [3.63, 3.8) is 0 Å². The Kier molecular flexibility index (Phi) is 12.0. The number of carbonyl (C=O) groups is 1. The predicted molar refractivity (Wildman–Crippen MR) is 218 cm³/mol. The van der Waals surface area contributed by atoms with Gasteiger partial charge in [0.2, 0.25) is 0 Å². The van der Waals surface area contributed by atoms with Gasteiger partial charge in [0.15, 0.2) is 11.4 Å². The van der Waals surface area contributed by atoms with Crippen LogP contribution >= 0.6 is 0 Å². The van der Waals surface area contributed by atoms with Crippen LogP contribution in [-0.2, 0) is 28.1 Å². The average Bonchev–Trinajstić information content (AvgIpc) is 3.82. The van der Waals surface area contributed by atoms with Crippen molar-refractivity contribution in [2.75, 3.05) is 32.3 Å². The molecule has 0 saturated carbocycles. The number of hydrogen-bond donors (Lipinski definition) is 1. The van der Waals surface area contributed by atoms with Crippen molar-refractivity contribution in [1.82, 2.24) is 19.6 Å². The number of benzene rings is 2. The maximum absolute atomic E-state index is 15.3. The van der Waals surface area contributed by atoms with Crippen molar-refractivity contribution < 1.29 is 24.1 Å². The van der Waals surface area contributed by atoms with E-state index in [9.17, 15) is 9.90 Å². The number of methoxy groups -OCH3 is 2. The first-order chi connectivity index (χ1) is 26.3. The second-order valence-corrected chi connectivity index (χ2v) is 20.3. The largest absolute Gasteiger partial charge is 0.497 e. The van der Waals surface area contributed by atoms with Crippen LogP contribution in [0.3, 0.4) is 0 Å². The lowest BCUT2D eigenvalue weighted by atomic mass is 9.82. The third kappa shape index (κ3) is 7.72. The van der Waals surface area contributed by atoms with Crippen LogP contribution in [0.25, 0.3) is 5.69 Å². The number of aliphatic hydroxyl groups excluding tert-OH is 1. The van der Waals surface area contributed by atoms with Crippen LogP contribution in [0, 0.1) is 5.92 Å². The fraction of sp³-hybridized carbons (Fsp3) is 0.442. The lowest BCUT2D eigenvalue weighted by Gasteiger charge is -2.37. The number of aliphatic hydroxyl groups is 1. The molecule has 55 heavy (non-hydrogen) atoms. The van der Waals surface area contributed by atoms with E-state index >= 15 is 4.79 Å². The molecule has 292 valence electrons. The van der Waals surface area contributed by atoms with Gasteiger partial charge in [-0.2, -0.15) is 0 Å². The number of aromatic nitrogens is 4. The van der Waals surface area contributed by atoms with Crippen molar-refractivity contribution in [3.8, 4) is 17.2 Å². The molecule has 1 amide bonds. The summed E-state index contributed by atoms with van der Waals surface area (Å²) in [5, 5.41) is 19.3. The summed E-state index contributed by atoms with van der Waals surface area (Å²) in [6.07, 6.45) is 10.6. The topological polar surface area (TPSA) is 121 Å². The van der Waals surface area contributed by atoms with Crippen LogP contribution in [0.2, 0.25) is 18.6 Å². The van der Waals surface area contributed by atoms with E-state index < -0.39 is 13.7 Å². The van der Waals surface area contributed by atoms with E-state index in [0.29, 0.717) is 31.6 Å². The molecule has 2 aromatic heterocycles. The van der Waals surface area contributed by atoms with Crippen LogP contribution in [0.5, 0.6) is 11.5 Å². The highest BCUT2D eigenvalue weighted by molar-refractivity contribution is 6.91. The normalized spacial score (nSPS) is 21.0. The van der Waals surface area contributed by atoms with Gasteiger partial charge in [-0.25, -0.2) is 0 Å². The zero-order chi connectivity index (χ0) is 39.5. The molecule has 2 aromatic carbocycles. The molecule has 2 aliphatic heterocycles. The molecule has 0 unspecified atom stereocenters. The van der Waals surface area contributed by atoms with Crippen LogP contribution in [0.15, 0.2) is 95.1 Å². The zero-order valence-electron chi connectivity index (χ0n) is 33.4. The van der Waals surface area contributed by atoms with Crippen molar-refractivity contribution in [1.29, 1.82) is 0 Å². The van der Waals surface area contributed by atoms with Crippen LogP contribution in [-0.4, -0.2) is 72.1 Å².